The van der Waals surface area contributed by atoms with Crippen LogP contribution in [0, 0.1) is 0 Å². The maximum Gasteiger partial charge on any atom is 0.407 e. The zero-order valence-corrected chi connectivity index (χ0v) is 17.0. The average Bonchev–Trinajstić information content (AvgIpc) is 2.61. The maximum absolute atomic E-state index is 12.7. The number of fused-ring (bicyclic) bond motifs is 1. The van der Waals surface area contributed by atoms with Crippen molar-refractivity contribution in [2.24, 2.45) is 0 Å². The first-order chi connectivity index (χ1) is 12.6. The van der Waals surface area contributed by atoms with Crippen LogP contribution in [-0.4, -0.2) is 56.2 Å². The van der Waals surface area contributed by atoms with Crippen LogP contribution in [0.1, 0.15) is 51.8 Å². The number of methoxy groups -OCH3 is 1. The van der Waals surface area contributed by atoms with Gasteiger partial charge in [-0.05, 0) is 26.8 Å². The molecule has 3 rings (SSSR count). The fraction of sp³-hybridized carbons (Fsp3) is 0.667. The number of carboxylic acid groups (broad SMARTS) is 1. The third kappa shape index (κ3) is 4.25. The number of likely N-dealkylation sites (tertiary alicyclic amines) is 1. The van der Waals surface area contributed by atoms with E-state index in [0.717, 1.165) is 0 Å². The van der Waals surface area contributed by atoms with Gasteiger partial charge in [-0.25, -0.2) is 9.78 Å². The molecule has 27 heavy (non-hydrogen) atoms. The highest BCUT2D eigenvalue weighted by Crippen LogP contribution is 2.44. The lowest BCUT2D eigenvalue weighted by molar-refractivity contribution is -0.0204. The van der Waals surface area contributed by atoms with Crippen molar-refractivity contribution in [2.75, 3.05) is 20.2 Å². The van der Waals surface area contributed by atoms with Crippen LogP contribution in [0.5, 0.6) is 11.6 Å². The summed E-state index contributed by atoms with van der Waals surface area (Å²) in [6, 6.07) is 3.29. The molecular weight excluding hydrogens is 370 g/mol. The Kier molecular flexibility index (Phi) is 5.47. The summed E-state index contributed by atoms with van der Waals surface area (Å²) in [6.45, 7) is 6.58. The lowest BCUT2D eigenvalue weighted by Crippen LogP contribution is -2.54. The zero-order valence-electron chi connectivity index (χ0n) is 16.2. The van der Waals surface area contributed by atoms with Crippen LogP contribution in [0.25, 0.3) is 0 Å². The number of amides is 1. The standard InChI is InChI=1S/C18H27N3O5S/c1-17(2,3)27(24)20-12-11-18(7-9-21(10-8-18)16(22)23)26-13-5-6-14(25-4)19-15(12)13/h5-6,12,20H,7-11H2,1-4H3,(H,22,23)/t12-,27?/m0/s1. The van der Waals surface area contributed by atoms with Gasteiger partial charge in [0.25, 0.3) is 0 Å². The summed E-state index contributed by atoms with van der Waals surface area (Å²) in [6.07, 6.45) is 0.849. The van der Waals surface area contributed by atoms with Gasteiger partial charge in [-0.15, -0.1) is 4.72 Å². The Morgan fingerprint density at radius 2 is 2.11 bits per heavy atom. The molecule has 0 radical (unpaired) electrons. The summed E-state index contributed by atoms with van der Waals surface area (Å²) >= 11 is -1.28. The molecule has 1 fully saturated rings. The van der Waals surface area contributed by atoms with Gasteiger partial charge >= 0.3 is 6.09 Å². The van der Waals surface area contributed by atoms with Crippen molar-refractivity contribution in [2.45, 2.75) is 56.4 Å². The number of ether oxygens (including phenoxy) is 2. The number of piperidine rings is 1. The molecule has 0 aliphatic carbocycles. The lowest BCUT2D eigenvalue weighted by Gasteiger charge is -2.46. The molecule has 3 heterocycles. The number of hydrogen-bond acceptors (Lipinski definition) is 6. The molecule has 1 amide bonds. The Labute approximate surface area is 162 Å². The highest BCUT2D eigenvalue weighted by Gasteiger charge is 2.46. The number of hydrogen-bond donors (Lipinski definition) is 2. The Bertz CT molecular complexity index is 701. The normalized spacial score (nSPS) is 22.7. The van der Waals surface area contributed by atoms with Crippen LogP contribution in [0.3, 0.4) is 0 Å². The highest BCUT2D eigenvalue weighted by molar-refractivity contribution is 7.90. The van der Waals surface area contributed by atoms with E-state index in [-0.39, 0.29) is 6.04 Å². The fourth-order valence-electron chi connectivity index (χ4n) is 3.45. The molecule has 2 aliphatic rings. The van der Waals surface area contributed by atoms with Crippen molar-refractivity contribution in [3.63, 3.8) is 0 Å². The summed E-state index contributed by atoms with van der Waals surface area (Å²) in [5, 5.41) is 9.21. The van der Waals surface area contributed by atoms with Gasteiger partial charge in [-0.2, -0.15) is 0 Å². The van der Waals surface area contributed by atoms with Gasteiger partial charge in [0, 0.05) is 49.8 Å². The molecule has 2 aliphatic heterocycles. The minimum absolute atomic E-state index is 0.264. The van der Waals surface area contributed by atoms with E-state index in [2.05, 4.69) is 9.71 Å². The second kappa shape index (κ2) is 7.37. The first kappa shape index (κ1) is 20.0. The second-order valence-corrected chi connectivity index (χ2v) is 10.0. The van der Waals surface area contributed by atoms with E-state index in [9.17, 15) is 14.5 Å². The van der Waals surface area contributed by atoms with E-state index in [1.165, 1.54) is 4.90 Å². The molecule has 0 aromatic carbocycles. The van der Waals surface area contributed by atoms with Crippen molar-refractivity contribution >= 4 is 17.5 Å². The largest absolute Gasteiger partial charge is 0.598 e. The van der Waals surface area contributed by atoms with Gasteiger partial charge in [0.15, 0.2) is 0 Å². The van der Waals surface area contributed by atoms with E-state index in [1.807, 2.05) is 26.8 Å². The first-order valence-corrected chi connectivity index (χ1v) is 10.2. The summed E-state index contributed by atoms with van der Waals surface area (Å²) in [7, 11) is 1.55. The number of nitrogens with one attached hydrogen (secondary N) is 1. The summed E-state index contributed by atoms with van der Waals surface area (Å²) in [5.74, 6) is 1.11. The molecule has 0 saturated carbocycles. The van der Waals surface area contributed by atoms with E-state index in [0.29, 0.717) is 49.7 Å². The van der Waals surface area contributed by atoms with Crippen LogP contribution in [0.2, 0.25) is 0 Å². The Hall–Kier alpha value is -1.71. The zero-order chi connectivity index (χ0) is 19.8. The number of carbonyl (C=O) groups is 1. The van der Waals surface area contributed by atoms with E-state index >= 15 is 0 Å². The van der Waals surface area contributed by atoms with Gasteiger partial charge < -0.3 is 24.0 Å². The molecule has 2 N–H and O–H groups in total. The summed E-state index contributed by atoms with van der Waals surface area (Å²) < 4.78 is 27.1. The van der Waals surface area contributed by atoms with Gasteiger partial charge in [0.1, 0.15) is 27.8 Å². The minimum atomic E-state index is -1.28. The van der Waals surface area contributed by atoms with Crippen molar-refractivity contribution < 1.29 is 23.9 Å². The third-order valence-electron chi connectivity index (χ3n) is 5.05. The maximum atomic E-state index is 12.7. The van der Waals surface area contributed by atoms with E-state index in [4.69, 9.17) is 9.47 Å². The number of pyridine rings is 1. The molecule has 1 spiro atoms. The number of nitrogens with zero attached hydrogens (tertiary/aromatic N) is 2. The van der Waals surface area contributed by atoms with Gasteiger partial charge in [0.05, 0.1) is 7.11 Å². The Morgan fingerprint density at radius 1 is 1.44 bits per heavy atom. The van der Waals surface area contributed by atoms with Gasteiger partial charge in [-0.3, -0.25) is 0 Å². The number of rotatable bonds is 3. The molecule has 2 atom stereocenters. The third-order valence-corrected chi connectivity index (χ3v) is 6.66. The van der Waals surface area contributed by atoms with Crippen molar-refractivity contribution in [3.05, 3.63) is 17.8 Å². The fourth-order valence-corrected chi connectivity index (χ4v) is 4.26. The Morgan fingerprint density at radius 3 is 2.67 bits per heavy atom. The van der Waals surface area contributed by atoms with Crippen molar-refractivity contribution in [1.29, 1.82) is 0 Å². The molecule has 8 nitrogen and oxygen atoms in total. The van der Waals surface area contributed by atoms with Gasteiger partial charge in [-0.1, -0.05) is 0 Å². The lowest BCUT2D eigenvalue weighted by atomic mass is 9.82. The minimum Gasteiger partial charge on any atom is -0.598 e. The van der Waals surface area contributed by atoms with Crippen LogP contribution in [0.15, 0.2) is 12.1 Å². The van der Waals surface area contributed by atoms with Gasteiger partial charge in [0.2, 0.25) is 5.88 Å². The van der Waals surface area contributed by atoms with E-state index < -0.39 is 27.8 Å². The monoisotopic (exact) mass is 397 g/mol. The molecule has 1 aromatic heterocycles. The average molecular weight is 397 g/mol. The summed E-state index contributed by atoms with van der Waals surface area (Å²) in [5.41, 5.74) is 0.188. The quantitative estimate of drug-likeness (QED) is 0.755. The molecule has 150 valence electrons. The molecule has 1 aromatic rings. The number of aromatic nitrogens is 1. The SMILES string of the molecule is COc1ccc2c(n1)[C@@H](N[S+]([O-])C(C)(C)C)CC1(CCN(C(=O)O)CC1)O2. The van der Waals surface area contributed by atoms with Crippen molar-refractivity contribution in [3.8, 4) is 11.6 Å². The Balaban J connectivity index is 1.88. The second-order valence-electron chi connectivity index (χ2n) is 8.05. The predicted molar refractivity (Wildman–Crippen MR) is 101 cm³/mol. The summed E-state index contributed by atoms with van der Waals surface area (Å²) in [4.78, 5) is 17.2. The first-order valence-electron chi connectivity index (χ1n) is 9.03. The van der Waals surface area contributed by atoms with Crippen molar-refractivity contribution in [1.82, 2.24) is 14.6 Å². The van der Waals surface area contributed by atoms with Crippen LogP contribution >= 0.6 is 0 Å². The predicted octanol–water partition coefficient (Wildman–Crippen LogP) is 2.48. The van der Waals surface area contributed by atoms with E-state index in [1.54, 1.807) is 13.2 Å². The molecule has 0 bridgehead atoms. The smallest absolute Gasteiger partial charge is 0.407 e. The van der Waals surface area contributed by atoms with Crippen LogP contribution in [-0.2, 0) is 11.4 Å². The van der Waals surface area contributed by atoms with Crippen LogP contribution < -0.4 is 14.2 Å². The topological polar surface area (TPSA) is 107 Å². The van der Waals surface area contributed by atoms with Crippen LogP contribution in [0.4, 0.5) is 4.79 Å². The molecule has 1 saturated heterocycles. The highest BCUT2D eigenvalue weighted by atomic mass is 32.2. The molecular formula is C18H27N3O5S. The molecule has 9 heteroatoms. The molecule has 1 unspecified atom stereocenters.